The van der Waals surface area contributed by atoms with E-state index < -0.39 is 0 Å². The Kier molecular flexibility index (Phi) is 4.27. The van der Waals surface area contributed by atoms with E-state index in [4.69, 9.17) is 27.7 Å². The van der Waals surface area contributed by atoms with Crippen molar-refractivity contribution in [1.82, 2.24) is 10.1 Å². The van der Waals surface area contributed by atoms with Crippen molar-refractivity contribution in [3.05, 3.63) is 45.6 Å². The zero-order valence-electron chi connectivity index (χ0n) is 12.0. The maximum Gasteiger partial charge on any atom is 0.323 e. The number of amides is 2. The second-order valence-corrected chi connectivity index (χ2v) is 6.17. The fourth-order valence-electron chi connectivity index (χ4n) is 2.19. The molecule has 3 rings (SSSR count). The van der Waals surface area contributed by atoms with Crippen LogP contribution in [-0.4, -0.2) is 22.1 Å². The lowest BCUT2D eigenvalue weighted by atomic mass is 10.2. The first-order valence-electron chi connectivity index (χ1n) is 6.98. The number of carbonyl (C=O) groups excluding carboxylic acids is 1. The molecule has 0 spiro atoms. The van der Waals surface area contributed by atoms with Crippen molar-refractivity contribution >= 4 is 35.1 Å². The minimum atomic E-state index is -0.193. The van der Waals surface area contributed by atoms with E-state index in [-0.39, 0.29) is 12.1 Å². The highest BCUT2D eigenvalue weighted by Gasteiger charge is 2.33. The van der Waals surface area contributed by atoms with E-state index in [0.717, 1.165) is 18.4 Å². The summed E-state index contributed by atoms with van der Waals surface area (Å²) in [5.41, 5.74) is 0.938. The molecule has 0 saturated heterocycles. The Labute approximate surface area is 138 Å². The maximum atomic E-state index is 12.4. The number of aryl methyl sites for hydroxylation is 1. The zero-order valence-corrected chi connectivity index (χ0v) is 13.5. The minimum absolute atomic E-state index is 0.193. The van der Waals surface area contributed by atoms with Crippen molar-refractivity contribution < 1.29 is 9.32 Å². The summed E-state index contributed by atoms with van der Waals surface area (Å²) in [4.78, 5) is 14.2. The lowest BCUT2D eigenvalue weighted by Crippen LogP contribution is -2.36. The Hall–Kier alpha value is -1.72. The van der Waals surface area contributed by atoms with Crippen molar-refractivity contribution in [2.24, 2.45) is 0 Å². The van der Waals surface area contributed by atoms with Crippen molar-refractivity contribution in [1.29, 1.82) is 0 Å². The summed E-state index contributed by atoms with van der Waals surface area (Å²) in [5, 5.41) is 7.53. The number of carbonyl (C=O) groups is 1. The number of rotatable bonds is 4. The number of aromatic nitrogens is 1. The molecule has 1 fully saturated rings. The molecule has 0 bridgehead atoms. The summed E-state index contributed by atoms with van der Waals surface area (Å²) < 4.78 is 4.95. The van der Waals surface area contributed by atoms with E-state index >= 15 is 0 Å². The zero-order chi connectivity index (χ0) is 15.7. The molecule has 1 N–H and O–H groups in total. The van der Waals surface area contributed by atoms with Crippen LogP contribution in [0.4, 0.5) is 10.6 Å². The van der Waals surface area contributed by atoms with Gasteiger partial charge in [0.2, 0.25) is 0 Å². The summed E-state index contributed by atoms with van der Waals surface area (Å²) in [6.07, 6.45) is 2.01. The van der Waals surface area contributed by atoms with Gasteiger partial charge in [0.05, 0.1) is 10.0 Å². The van der Waals surface area contributed by atoms with Crippen LogP contribution >= 0.6 is 23.2 Å². The summed E-state index contributed by atoms with van der Waals surface area (Å²) in [7, 11) is 0. The summed E-state index contributed by atoms with van der Waals surface area (Å²) in [6.45, 7) is 2.25. The Morgan fingerprint density at radius 2 is 2.14 bits per heavy atom. The first-order chi connectivity index (χ1) is 10.5. The van der Waals surface area contributed by atoms with Crippen molar-refractivity contribution in [2.75, 3.05) is 5.32 Å². The molecule has 1 saturated carbocycles. The van der Waals surface area contributed by atoms with Gasteiger partial charge < -0.3 is 9.42 Å². The summed E-state index contributed by atoms with van der Waals surface area (Å²) in [5.74, 6) is 1.07. The Morgan fingerprint density at radius 3 is 2.73 bits per heavy atom. The van der Waals surface area contributed by atoms with E-state index in [1.807, 2.05) is 6.07 Å². The number of halogens is 2. The van der Waals surface area contributed by atoms with E-state index in [0.29, 0.717) is 28.2 Å². The third-order valence-corrected chi connectivity index (χ3v) is 4.19. The fourth-order valence-corrected chi connectivity index (χ4v) is 2.51. The van der Waals surface area contributed by atoms with Gasteiger partial charge in [-0.15, -0.1) is 0 Å². The van der Waals surface area contributed by atoms with Gasteiger partial charge in [-0.3, -0.25) is 5.32 Å². The van der Waals surface area contributed by atoms with E-state index in [1.54, 1.807) is 30.0 Å². The Morgan fingerprint density at radius 1 is 1.36 bits per heavy atom. The molecule has 0 unspecified atom stereocenters. The molecule has 1 aromatic carbocycles. The van der Waals surface area contributed by atoms with Crippen molar-refractivity contribution in [3.8, 4) is 0 Å². The highest BCUT2D eigenvalue weighted by Crippen LogP contribution is 2.30. The maximum absolute atomic E-state index is 12.4. The molecule has 2 aromatic rings. The number of benzene rings is 1. The van der Waals surface area contributed by atoms with Crippen molar-refractivity contribution in [3.63, 3.8) is 0 Å². The molecule has 1 heterocycles. The van der Waals surface area contributed by atoms with Crippen LogP contribution in [0.25, 0.3) is 0 Å². The number of nitrogens with zero attached hydrogens (tertiary/aromatic N) is 2. The molecule has 116 valence electrons. The third-order valence-electron chi connectivity index (χ3n) is 3.45. The third kappa shape index (κ3) is 3.54. The van der Waals surface area contributed by atoms with Crippen LogP contribution in [0.5, 0.6) is 0 Å². The van der Waals surface area contributed by atoms with Gasteiger partial charge in [0.15, 0.2) is 5.82 Å². The molecule has 0 radical (unpaired) electrons. The Bertz CT molecular complexity index is 698. The van der Waals surface area contributed by atoms with Crippen molar-refractivity contribution in [2.45, 2.75) is 32.4 Å². The average molecular weight is 340 g/mol. The molecule has 2 amide bonds. The number of hydrogen-bond acceptors (Lipinski definition) is 3. The first kappa shape index (κ1) is 15.2. The van der Waals surface area contributed by atoms with E-state index in [2.05, 4.69) is 10.5 Å². The highest BCUT2D eigenvalue weighted by molar-refractivity contribution is 6.42. The summed E-state index contributed by atoms with van der Waals surface area (Å²) in [6, 6.07) is 7.14. The number of urea groups is 1. The van der Waals surface area contributed by atoms with Gasteiger partial charge in [-0.1, -0.05) is 34.4 Å². The van der Waals surface area contributed by atoms with Gasteiger partial charge in [-0.2, -0.15) is 0 Å². The van der Waals surface area contributed by atoms with Crippen LogP contribution in [0, 0.1) is 6.92 Å². The van der Waals surface area contributed by atoms with Gasteiger partial charge in [0, 0.05) is 18.7 Å². The van der Waals surface area contributed by atoms with Crippen LogP contribution in [0.1, 0.15) is 24.2 Å². The van der Waals surface area contributed by atoms with Crippen LogP contribution < -0.4 is 5.32 Å². The molecule has 7 heteroatoms. The molecule has 0 aliphatic heterocycles. The molecule has 1 aliphatic carbocycles. The van der Waals surface area contributed by atoms with Gasteiger partial charge in [0.1, 0.15) is 5.76 Å². The standard InChI is InChI=1S/C15H15Cl2N3O2/c1-9-6-14(19-22-9)18-15(21)20(11-3-4-11)8-10-2-5-12(16)13(17)7-10/h2,5-7,11H,3-4,8H2,1H3,(H,18,19,21). The first-order valence-corrected chi connectivity index (χ1v) is 7.73. The average Bonchev–Trinajstić information content (AvgIpc) is 3.23. The molecular formula is C15H15Cl2N3O2. The molecule has 1 aromatic heterocycles. The minimum Gasteiger partial charge on any atom is -0.360 e. The second-order valence-electron chi connectivity index (χ2n) is 5.36. The number of nitrogens with one attached hydrogen (secondary N) is 1. The fraction of sp³-hybridized carbons (Fsp3) is 0.333. The number of anilines is 1. The topological polar surface area (TPSA) is 58.4 Å². The molecule has 5 nitrogen and oxygen atoms in total. The highest BCUT2D eigenvalue weighted by atomic mass is 35.5. The molecular weight excluding hydrogens is 325 g/mol. The molecule has 1 aliphatic rings. The van der Waals surface area contributed by atoms with Crippen LogP contribution in [0.2, 0.25) is 10.0 Å². The summed E-state index contributed by atoms with van der Waals surface area (Å²) >= 11 is 12.0. The largest absolute Gasteiger partial charge is 0.360 e. The van der Waals surface area contributed by atoms with Gasteiger partial charge in [-0.25, -0.2) is 4.79 Å². The van der Waals surface area contributed by atoms with Crippen LogP contribution in [0.15, 0.2) is 28.8 Å². The molecule has 0 atom stereocenters. The van der Waals surface area contributed by atoms with Crippen LogP contribution in [0.3, 0.4) is 0 Å². The van der Waals surface area contributed by atoms with E-state index in [1.165, 1.54) is 0 Å². The predicted molar refractivity (Wildman–Crippen MR) is 85.3 cm³/mol. The number of hydrogen-bond donors (Lipinski definition) is 1. The monoisotopic (exact) mass is 339 g/mol. The van der Waals surface area contributed by atoms with Gasteiger partial charge in [-0.05, 0) is 37.5 Å². The normalized spacial score (nSPS) is 14.0. The smallest absolute Gasteiger partial charge is 0.323 e. The quantitative estimate of drug-likeness (QED) is 0.892. The van der Waals surface area contributed by atoms with Gasteiger partial charge in [0.25, 0.3) is 0 Å². The predicted octanol–water partition coefficient (Wildman–Crippen LogP) is 4.49. The molecule has 22 heavy (non-hydrogen) atoms. The van der Waals surface area contributed by atoms with Gasteiger partial charge >= 0.3 is 6.03 Å². The van der Waals surface area contributed by atoms with Crippen LogP contribution in [-0.2, 0) is 6.54 Å². The SMILES string of the molecule is Cc1cc(NC(=O)N(Cc2ccc(Cl)c(Cl)c2)C2CC2)no1. The lowest BCUT2D eigenvalue weighted by molar-refractivity contribution is 0.206. The lowest BCUT2D eigenvalue weighted by Gasteiger charge is -2.22. The second kappa shape index (κ2) is 6.18. The van der Waals surface area contributed by atoms with E-state index in [9.17, 15) is 4.79 Å². The Balaban J connectivity index is 1.72.